The van der Waals surface area contributed by atoms with Crippen LogP contribution in [-0.4, -0.2) is 0 Å². The highest BCUT2D eigenvalue weighted by Gasteiger charge is 2.13. The van der Waals surface area contributed by atoms with Gasteiger partial charge in [-0.2, -0.15) is 0 Å². The van der Waals surface area contributed by atoms with Gasteiger partial charge in [0.1, 0.15) is 5.82 Å². The lowest BCUT2D eigenvalue weighted by molar-refractivity contribution is 0.480. The number of hydrogen-bond donors (Lipinski definition) is 3. The van der Waals surface area contributed by atoms with Crippen LogP contribution in [0.15, 0.2) is 18.2 Å². The van der Waals surface area contributed by atoms with Gasteiger partial charge in [0.2, 0.25) is 0 Å². The summed E-state index contributed by atoms with van der Waals surface area (Å²) >= 11 is 0. The lowest BCUT2D eigenvalue weighted by Gasteiger charge is -2.18. The Morgan fingerprint density at radius 3 is 2.71 bits per heavy atom. The maximum atomic E-state index is 13.2. The van der Waals surface area contributed by atoms with Crippen LogP contribution in [0.5, 0.6) is 0 Å². The summed E-state index contributed by atoms with van der Waals surface area (Å²) in [5, 5.41) is 0. The molecule has 0 spiro atoms. The van der Waals surface area contributed by atoms with Crippen molar-refractivity contribution in [3.63, 3.8) is 0 Å². The van der Waals surface area contributed by atoms with Gasteiger partial charge in [-0.05, 0) is 30.2 Å². The van der Waals surface area contributed by atoms with Crippen LogP contribution >= 0.6 is 0 Å². The SMILES string of the molecule is CCCCCCC(NN)c1cc(F)ccc1N. The van der Waals surface area contributed by atoms with Crippen molar-refractivity contribution in [2.24, 2.45) is 5.84 Å². The van der Waals surface area contributed by atoms with Crippen molar-refractivity contribution in [2.45, 2.75) is 45.1 Å². The normalized spacial score (nSPS) is 12.6. The fourth-order valence-corrected chi connectivity index (χ4v) is 1.95. The first-order valence-electron chi connectivity index (χ1n) is 6.20. The number of nitrogens with one attached hydrogen (secondary N) is 1. The van der Waals surface area contributed by atoms with Gasteiger partial charge in [-0.1, -0.05) is 32.6 Å². The van der Waals surface area contributed by atoms with Crippen molar-refractivity contribution in [1.82, 2.24) is 5.43 Å². The van der Waals surface area contributed by atoms with Gasteiger partial charge in [0.05, 0.1) is 0 Å². The van der Waals surface area contributed by atoms with Crippen LogP contribution in [0.2, 0.25) is 0 Å². The Morgan fingerprint density at radius 2 is 2.06 bits per heavy atom. The average molecular weight is 239 g/mol. The molecule has 0 aromatic heterocycles. The smallest absolute Gasteiger partial charge is 0.123 e. The molecule has 1 aromatic rings. The third kappa shape index (κ3) is 4.32. The van der Waals surface area contributed by atoms with E-state index in [0.29, 0.717) is 5.69 Å². The van der Waals surface area contributed by atoms with Gasteiger partial charge in [0.15, 0.2) is 0 Å². The molecule has 0 bridgehead atoms. The standard InChI is InChI=1S/C13H22FN3/c1-2-3-4-5-6-13(17-16)11-9-10(14)7-8-12(11)15/h7-9,13,17H,2-6,15-16H2,1H3. The first-order valence-corrected chi connectivity index (χ1v) is 6.20. The van der Waals surface area contributed by atoms with Crippen molar-refractivity contribution in [1.29, 1.82) is 0 Å². The van der Waals surface area contributed by atoms with E-state index in [2.05, 4.69) is 12.3 Å². The molecule has 0 saturated heterocycles. The Hall–Kier alpha value is -1.13. The molecule has 1 unspecified atom stereocenters. The summed E-state index contributed by atoms with van der Waals surface area (Å²) in [5.74, 6) is 5.24. The number of hydrazine groups is 1. The van der Waals surface area contributed by atoms with Crippen LogP contribution in [0.4, 0.5) is 10.1 Å². The zero-order chi connectivity index (χ0) is 12.7. The number of hydrogen-bond acceptors (Lipinski definition) is 3. The number of unbranched alkanes of at least 4 members (excludes halogenated alkanes) is 3. The molecule has 4 heteroatoms. The van der Waals surface area contributed by atoms with Crippen LogP contribution in [-0.2, 0) is 0 Å². The highest BCUT2D eigenvalue weighted by molar-refractivity contribution is 5.48. The molecule has 3 nitrogen and oxygen atoms in total. The average Bonchev–Trinajstić information content (AvgIpc) is 2.33. The minimum Gasteiger partial charge on any atom is -0.398 e. The predicted molar refractivity (Wildman–Crippen MR) is 69.6 cm³/mol. The molecule has 1 aromatic carbocycles. The van der Waals surface area contributed by atoms with E-state index in [-0.39, 0.29) is 11.9 Å². The maximum absolute atomic E-state index is 13.2. The maximum Gasteiger partial charge on any atom is 0.123 e. The quantitative estimate of drug-likeness (QED) is 0.297. The summed E-state index contributed by atoms with van der Waals surface area (Å²) in [6.45, 7) is 2.17. The van der Waals surface area contributed by atoms with Crippen molar-refractivity contribution in [3.05, 3.63) is 29.6 Å². The first kappa shape index (κ1) is 13.9. The molecule has 0 saturated carbocycles. The van der Waals surface area contributed by atoms with E-state index in [1.165, 1.54) is 31.4 Å². The third-order valence-corrected chi connectivity index (χ3v) is 2.97. The molecule has 5 N–H and O–H groups in total. The zero-order valence-electron chi connectivity index (χ0n) is 10.4. The number of rotatable bonds is 7. The van der Waals surface area contributed by atoms with Crippen LogP contribution in [0.3, 0.4) is 0 Å². The van der Waals surface area contributed by atoms with Crippen molar-refractivity contribution < 1.29 is 4.39 Å². The predicted octanol–water partition coefficient (Wildman–Crippen LogP) is 2.88. The van der Waals surface area contributed by atoms with Gasteiger partial charge in [-0.25, -0.2) is 4.39 Å². The summed E-state index contributed by atoms with van der Waals surface area (Å²) in [5.41, 5.74) is 9.89. The summed E-state index contributed by atoms with van der Waals surface area (Å²) < 4.78 is 13.2. The van der Waals surface area contributed by atoms with E-state index in [0.717, 1.165) is 18.4 Å². The summed E-state index contributed by atoms with van der Waals surface area (Å²) in [7, 11) is 0. The number of anilines is 1. The Kier molecular flexibility index (Phi) is 5.94. The van der Waals surface area contributed by atoms with Gasteiger partial charge in [0.25, 0.3) is 0 Å². The van der Waals surface area contributed by atoms with Crippen molar-refractivity contribution in [2.75, 3.05) is 5.73 Å². The molecule has 1 rings (SSSR count). The molecule has 0 amide bonds. The third-order valence-electron chi connectivity index (χ3n) is 2.97. The Morgan fingerprint density at radius 1 is 1.29 bits per heavy atom. The van der Waals surface area contributed by atoms with E-state index >= 15 is 0 Å². The van der Waals surface area contributed by atoms with Gasteiger partial charge in [0, 0.05) is 11.7 Å². The molecule has 17 heavy (non-hydrogen) atoms. The zero-order valence-corrected chi connectivity index (χ0v) is 10.4. The summed E-state index contributed by atoms with van der Waals surface area (Å²) in [6.07, 6.45) is 5.53. The number of halogens is 1. The molecular weight excluding hydrogens is 217 g/mol. The van der Waals surface area contributed by atoms with Crippen LogP contribution in [0, 0.1) is 5.82 Å². The Bertz CT molecular complexity index is 341. The van der Waals surface area contributed by atoms with E-state index in [9.17, 15) is 4.39 Å². The molecule has 1 atom stereocenters. The fraction of sp³-hybridized carbons (Fsp3) is 0.538. The first-order chi connectivity index (χ1) is 8.19. The van der Waals surface area contributed by atoms with E-state index < -0.39 is 0 Å². The topological polar surface area (TPSA) is 64.1 Å². The molecular formula is C13H22FN3. The summed E-state index contributed by atoms with van der Waals surface area (Å²) in [4.78, 5) is 0. The molecule has 0 radical (unpaired) electrons. The summed E-state index contributed by atoms with van der Waals surface area (Å²) in [6, 6.07) is 4.34. The van der Waals surface area contributed by atoms with Crippen LogP contribution in [0.1, 0.15) is 50.6 Å². The van der Waals surface area contributed by atoms with E-state index in [4.69, 9.17) is 11.6 Å². The lowest BCUT2D eigenvalue weighted by atomic mass is 9.99. The monoisotopic (exact) mass is 239 g/mol. The van der Waals surface area contributed by atoms with Crippen LogP contribution in [0.25, 0.3) is 0 Å². The highest BCUT2D eigenvalue weighted by atomic mass is 19.1. The van der Waals surface area contributed by atoms with Crippen LogP contribution < -0.4 is 17.0 Å². The van der Waals surface area contributed by atoms with Gasteiger partial charge in [-0.15, -0.1) is 0 Å². The highest BCUT2D eigenvalue weighted by Crippen LogP contribution is 2.25. The van der Waals surface area contributed by atoms with Gasteiger partial charge in [-0.3, -0.25) is 11.3 Å². The largest absolute Gasteiger partial charge is 0.398 e. The Labute approximate surface area is 102 Å². The second-order valence-corrected chi connectivity index (χ2v) is 4.34. The fourth-order valence-electron chi connectivity index (χ4n) is 1.95. The number of benzene rings is 1. The molecule has 0 aliphatic rings. The van der Waals surface area contributed by atoms with Gasteiger partial charge >= 0.3 is 0 Å². The Balaban J connectivity index is 2.62. The minimum absolute atomic E-state index is 0.0671. The molecule has 96 valence electrons. The second kappa shape index (κ2) is 7.25. The lowest BCUT2D eigenvalue weighted by Crippen LogP contribution is -2.28. The van der Waals surface area contributed by atoms with Crippen molar-refractivity contribution >= 4 is 5.69 Å². The second-order valence-electron chi connectivity index (χ2n) is 4.34. The molecule has 0 heterocycles. The number of nitrogens with two attached hydrogens (primary N) is 2. The van der Waals surface area contributed by atoms with Crippen molar-refractivity contribution in [3.8, 4) is 0 Å². The van der Waals surface area contributed by atoms with E-state index in [1.807, 2.05) is 0 Å². The van der Waals surface area contributed by atoms with Gasteiger partial charge < -0.3 is 5.73 Å². The molecule has 0 aliphatic heterocycles. The van der Waals surface area contributed by atoms with E-state index in [1.54, 1.807) is 6.07 Å². The molecule has 0 aliphatic carbocycles. The molecule has 0 fully saturated rings. The number of nitrogen functional groups attached to an aromatic ring is 1. The minimum atomic E-state index is -0.275.